The molecule has 7 nitrogen and oxygen atoms in total. The predicted molar refractivity (Wildman–Crippen MR) is 70.2 cm³/mol. The summed E-state index contributed by atoms with van der Waals surface area (Å²) in [7, 11) is 0. The third-order valence-electron chi connectivity index (χ3n) is 2.81. The summed E-state index contributed by atoms with van der Waals surface area (Å²) >= 11 is 0. The maximum atomic E-state index is 11.8. The topological polar surface area (TPSA) is 104 Å². The second-order valence-corrected chi connectivity index (χ2v) is 4.35. The van der Waals surface area contributed by atoms with Gasteiger partial charge in [0.05, 0.1) is 12.1 Å². The van der Waals surface area contributed by atoms with Crippen molar-refractivity contribution < 1.29 is 19.8 Å². The molecule has 0 aliphatic heterocycles. The van der Waals surface area contributed by atoms with E-state index in [1.54, 1.807) is 10.6 Å². The van der Waals surface area contributed by atoms with Crippen molar-refractivity contribution in [3.8, 4) is 0 Å². The average Bonchev–Trinajstić information content (AvgIpc) is 2.79. The van der Waals surface area contributed by atoms with E-state index in [4.69, 9.17) is 10.2 Å². The number of carbonyl (C=O) groups excluding carboxylic acids is 1. The zero-order valence-corrected chi connectivity index (χ0v) is 10.7. The molecule has 0 aromatic carbocycles. The molecule has 106 valence electrons. The highest BCUT2D eigenvalue weighted by Crippen LogP contribution is 2.05. The number of fused-ring (bicyclic) bond motifs is 1. The first-order valence-electron chi connectivity index (χ1n) is 6.16. The Labute approximate surface area is 114 Å². The summed E-state index contributed by atoms with van der Waals surface area (Å²) in [6.45, 7) is -0.300. The van der Waals surface area contributed by atoms with Gasteiger partial charge in [-0.2, -0.15) is 0 Å². The van der Waals surface area contributed by atoms with Gasteiger partial charge in [-0.1, -0.05) is 6.07 Å². The standard InChI is InChI=1S/C13H15N3O4/c17-6-4-10(13(19)20)15-12(18)7-9-8-16-5-2-1-3-11(16)14-9/h1-3,5,8,10,17H,4,6-7H2,(H,15,18)(H,19,20). The van der Waals surface area contributed by atoms with E-state index < -0.39 is 17.9 Å². The molecule has 2 aromatic heterocycles. The number of aliphatic hydroxyl groups excluding tert-OH is 1. The van der Waals surface area contributed by atoms with Gasteiger partial charge in [-0.25, -0.2) is 9.78 Å². The summed E-state index contributed by atoms with van der Waals surface area (Å²) in [6, 6.07) is 4.42. The van der Waals surface area contributed by atoms with E-state index in [-0.39, 0.29) is 19.4 Å². The molecule has 0 spiro atoms. The highest BCUT2D eigenvalue weighted by Gasteiger charge is 2.19. The largest absolute Gasteiger partial charge is 0.480 e. The fraction of sp³-hybridized carbons (Fsp3) is 0.308. The Morgan fingerprint density at radius 3 is 2.85 bits per heavy atom. The van der Waals surface area contributed by atoms with Gasteiger partial charge >= 0.3 is 5.97 Å². The van der Waals surface area contributed by atoms with E-state index >= 15 is 0 Å². The molecular weight excluding hydrogens is 262 g/mol. The summed E-state index contributed by atoms with van der Waals surface area (Å²) in [4.78, 5) is 26.9. The van der Waals surface area contributed by atoms with E-state index in [0.29, 0.717) is 5.69 Å². The lowest BCUT2D eigenvalue weighted by atomic mass is 10.2. The van der Waals surface area contributed by atoms with Crippen molar-refractivity contribution in [1.82, 2.24) is 14.7 Å². The summed E-state index contributed by atoms with van der Waals surface area (Å²) < 4.78 is 1.78. The lowest BCUT2D eigenvalue weighted by Crippen LogP contribution is -2.42. The lowest BCUT2D eigenvalue weighted by molar-refractivity contribution is -0.142. The molecule has 0 fully saturated rings. The molecular formula is C13H15N3O4. The van der Waals surface area contributed by atoms with Crippen LogP contribution in [0.5, 0.6) is 0 Å². The van der Waals surface area contributed by atoms with Crippen molar-refractivity contribution in [3.63, 3.8) is 0 Å². The monoisotopic (exact) mass is 277 g/mol. The maximum absolute atomic E-state index is 11.8. The summed E-state index contributed by atoms with van der Waals surface area (Å²) in [5.41, 5.74) is 1.28. The Balaban J connectivity index is 2.01. The van der Waals surface area contributed by atoms with Gasteiger partial charge in [-0.15, -0.1) is 0 Å². The fourth-order valence-corrected chi connectivity index (χ4v) is 1.87. The zero-order valence-electron chi connectivity index (χ0n) is 10.7. The number of carboxylic acids is 1. The van der Waals surface area contributed by atoms with E-state index in [1.165, 1.54) is 0 Å². The van der Waals surface area contributed by atoms with Crippen molar-refractivity contribution in [2.24, 2.45) is 0 Å². The van der Waals surface area contributed by atoms with Gasteiger partial charge in [0.25, 0.3) is 0 Å². The van der Waals surface area contributed by atoms with Gasteiger partial charge in [0.2, 0.25) is 5.91 Å². The van der Waals surface area contributed by atoms with Crippen LogP contribution in [0.3, 0.4) is 0 Å². The SMILES string of the molecule is O=C(Cc1cn2ccccc2n1)NC(CCO)C(=O)O. The molecule has 2 heterocycles. The van der Waals surface area contributed by atoms with Crippen LogP contribution in [0.25, 0.3) is 5.65 Å². The maximum Gasteiger partial charge on any atom is 0.326 e. The minimum absolute atomic E-state index is 0.00309. The summed E-state index contributed by atoms with van der Waals surface area (Å²) in [5, 5.41) is 20.0. The number of nitrogens with one attached hydrogen (secondary N) is 1. The number of carbonyl (C=O) groups is 2. The molecule has 20 heavy (non-hydrogen) atoms. The van der Waals surface area contributed by atoms with Gasteiger partial charge in [-0.05, 0) is 12.1 Å². The molecule has 2 aromatic rings. The van der Waals surface area contributed by atoms with Crippen LogP contribution < -0.4 is 5.32 Å². The molecule has 1 unspecified atom stereocenters. The smallest absolute Gasteiger partial charge is 0.326 e. The number of hydrogen-bond donors (Lipinski definition) is 3. The molecule has 1 atom stereocenters. The predicted octanol–water partition coefficient (Wildman–Crippen LogP) is -0.171. The van der Waals surface area contributed by atoms with E-state index in [0.717, 1.165) is 5.65 Å². The number of amides is 1. The number of aromatic nitrogens is 2. The average molecular weight is 277 g/mol. The Bertz CT molecular complexity index is 590. The quantitative estimate of drug-likeness (QED) is 0.680. The Morgan fingerprint density at radius 2 is 2.20 bits per heavy atom. The first kappa shape index (κ1) is 14.0. The van der Waals surface area contributed by atoms with Crippen molar-refractivity contribution in [3.05, 3.63) is 36.3 Å². The number of nitrogens with zero attached hydrogens (tertiary/aromatic N) is 2. The van der Waals surface area contributed by atoms with Crippen LogP contribution in [0.1, 0.15) is 12.1 Å². The number of aliphatic hydroxyl groups is 1. The van der Waals surface area contributed by atoms with Gasteiger partial charge in [0.1, 0.15) is 11.7 Å². The molecule has 0 saturated carbocycles. The second kappa shape index (κ2) is 6.16. The Morgan fingerprint density at radius 1 is 1.40 bits per heavy atom. The van der Waals surface area contributed by atoms with Gasteiger partial charge in [-0.3, -0.25) is 4.79 Å². The van der Waals surface area contributed by atoms with Crippen LogP contribution in [-0.4, -0.2) is 44.1 Å². The van der Waals surface area contributed by atoms with Gasteiger partial charge < -0.3 is 19.9 Å². The number of pyridine rings is 1. The van der Waals surface area contributed by atoms with Crippen molar-refractivity contribution in [2.45, 2.75) is 18.9 Å². The number of carboxylic acid groups (broad SMARTS) is 1. The van der Waals surface area contributed by atoms with Gasteiger partial charge in [0, 0.05) is 25.4 Å². The molecule has 3 N–H and O–H groups in total. The molecule has 1 amide bonds. The summed E-state index contributed by atoms with van der Waals surface area (Å²) in [5.74, 6) is -1.60. The molecule has 0 saturated heterocycles. The number of hydrogen-bond acceptors (Lipinski definition) is 4. The van der Waals surface area contributed by atoms with Gasteiger partial charge in [0.15, 0.2) is 0 Å². The van der Waals surface area contributed by atoms with E-state index in [1.807, 2.05) is 24.4 Å². The lowest BCUT2D eigenvalue weighted by Gasteiger charge is -2.12. The molecule has 2 rings (SSSR count). The summed E-state index contributed by atoms with van der Waals surface area (Å²) in [6.07, 6.45) is 3.51. The minimum atomic E-state index is -1.16. The van der Waals surface area contributed by atoms with Crippen LogP contribution in [0.2, 0.25) is 0 Å². The number of aliphatic carboxylic acids is 1. The van der Waals surface area contributed by atoms with Crippen LogP contribution in [0.4, 0.5) is 0 Å². The number of rotatable bonds is 6. The first-order valence-corrected chi connectivity index (χ1v) is 6.16. The molecule has 7 heteroatoms. The highest BCUT2D eigenvalue weighted by molar-refractivity contribution is 5.84. The Kier molecular flexibility index (Phi) is 4.31. The van der Waals surface area contributed by atoms with E-state index in [2.05, 4.69) is 10.3 Å². The second-order valence-electron chi connectivity index (χ2n) is 4.35. The fourth-order valence-electron chi connectivity index (χ4n) is 1.87. The zero-order chi connectivity index (χ0) is 14.5. The highest BCUT2D eigenvalue weighted by atomic mass is 16.4. The van der Waals surface area contributed by atoms with Crippen LogP contribution in [0, 0.1) is 0 Å². The van der Waals surface area contributed by atoms with E-state index in [9.17, 15) is 9.59 Å². The van der Waals surface area contributed by atoms with Crippen molar-refractivity contribution in [1.29, 1.82) is 0 Å². The molecule has 0 aliphatic rings. The van der Waals surface area contributed by atoms with Crippen molar-refractivity contribution in [2.75, 3.05) is 6.61 Å². The van der Waals surface area contributed by atoms with Crippen LogP contribution in [0.15, 0.2) is 30.6 Å². The van der Waals surface area contributed by atoms with Crippen LogP contribution >= 0.6 is 0 Å². The number of imidazole rings is 1. The molecule has 0 bridgehead atoms. The van der Waals surface area contributed by atoms with Crippen LogP contribution in [-0.2, 0) is 16.0 Å². The minimum Gasteiger partial charge on any atom is -0.480 e. The van der Waals surface area contributed by atoms with Crippen molar-refractivity contribution >= 4 is 17.5 Å². The third kappa shape index (κ3) is 3.33. The normalized spacial score (nSPS) is 12.2. The molecule has 0 aliphatic carbocycles. The first-order chi connectivity index (χ1) is 9.60. The Hall–Kier alpha value is -2.41. The third-order valence-corrected chi connectivity index (χ3v) is 2.81. The molecule has 0 radical (unpaired) electrons.